The van der Waals surface area contributed by atoms with Crippen molar-refractivity contribution < 1.29 is 19.8 Å². The molecule has 0 amide bonds. The summed E-state index contributed by atoms with van der Waals surface area (Å²) < 4.78 is 0. The highest BCUT2D eigenvalue weighted by atomic mass is 35.5. The third-order valence-electron chi connectivity index (χ3n) is 1.94. The van der Waals surface area contributed by atoms with Crippen LogP contribution in [0, 0.1) is 11.8 Å². The summed E-state index contributed by atoms with van der Waals surface area (Å²) in [4.78, 5) is 20.9. The van der Waals surface area contributed by atoms with Gasteiger partial charge in [-0.2, -0.15) is 0 Å². The van der Waals surface area contributed by atoms with Gasteiger partial charge in [-0.05, 0) is 11.8 Å². The largest absolute Gasteiger partial charge is 0.481 e. The van der Waals surface area contributed by atoms with E-state index in [4.69, 9.17) is 33.4 Å². The fourth-order valence-corrected chi connectivity index (χ4v) is 1.87. The van der Waals surface area contributed by atoms with Crippen molar-refractivity contribution in [3.63, 3.8) is 0 Å². The van der Waals surface area contributed by atoms with E-state index in [2.05, 4.69) is 0 Å². The number of aliphatic carboxylic acids is 2. The van der Waals surface area contributed by atoms with E-state index in [-0.39, 0.29) is 36.4 Å². The topological polar surface area (TPSA) is 74.6 Å². The van der Waals surface area contributed by atoms with E-state index in [1.54, 1.807) is 0 Å². The average molecular weight is 243 g/mol. The summed E-state index contributed by atoms with van der Waals surface area (Å²) in [6.45, 7) is 0. The zero-order valence-corrected chi connectivity index (χ0v) is 8.96. The number of carbonyl (C=O) groups is 2. The number of alkyl halides is 2. The lowest BCUT2D eigenvalue weighted by Crippen LogP contribution is -2.24. The van der Waals surface area contributed by atoms with Crippen LogP contribution in [0.2, 0.25) is 0 Å². The lowest BCUT2D eigenvalue weighted by atomic mass is 9.90. The Bertz CT molecular complexity index is 186. The van der Waals surface area contributed by atoms with Gasteiger partial charge in [0.2, 0.25) is 0 Å². The number of halogens is 2. The summed E-state index contributed by atoms with van der Waals surface area (Å²) in [6.07, 6.45) is -0.289. The Labute approximate surface area is 91.8 Å². The second kappa shape index (κ2) is 6.90. The molecule has 0 aliphatic heterocycles. The SMILES string of the molecule is O=C(O)CC(CCl)C(CCl)CC(=O)O. The molecule has 0 radical (unpaired) electrons. The van der Waals surface area contributed by atoms with Gasteiger partial charge in [-0.3, -0.25) is 9.59 Å². The Kier molecular flexibility index (Phi) is 6.66. The van der Waals surface area contributed by atoms with Crippen molar-refractivity contribution in [1.82, 2.24) is 0 Å². The molecule has 6 heteroatoms. The van der Waals surface area contributed by atoms with Crippen molar-refractivity contribution in [2.24, 2.45) is 11.8 Å². The van der Waals surface area contributed by atoms with Crippen molar-refractivity contribution in [2.75, 3.05) is 11.8 Å². The minimum atomic E-state index is -0.990. The van der Waals surface area contributed by atoms with Crippen LogP contribution in [0.5, 0.6) is 0 Å². The van der Waals surface area contributed by atoms with Crippen LogP contribution < -0.4 is 0 Å². The van der Waals surface area contributed by atoms with Crippen LogP contribution in [-0.4, -0.2) is 33.9 Å². The summed E-state index contributed by atoms with van der Waals surface area (Å²) in [6, 6.07) is 0. The minimum absolute atomic E-state index is 0.108. The van der Waals surface area contributed by atoms with E-state index in [9.17, 15) is 9.59 Å². The maximum absolute atomic E-state index is 10.4. The summed E-state index contributed by atoms with van der Waals surface area (Å²) in [5.74, 6) is -2.54. The third kappa shape index (κ3) is 5.29. The van der Waals surface area contributed by atoms with Crippen molar-refractivity contribution in [1.29, 1.82) is 0 Å². The first-order chi connectivity index (χ1) is 6.51. The molecule has 0 bridgehead atoms. The van der Waals surface area contributed by atoms with Crippen LogP contribution in [-0.2, 0) is 9.59 Å². The highest BCUT2D eigenvalue weighted by Gasteiger charge is 2.24. The molecule has 0 aliphatic rings. The molecule has 0 saturated carbocycles. The molecule has 2 unspecified atom stereocenters. The lowest BCUT2D eigenvalue weighted by Gasteiger charge is -2.20. The Balaban J connectivity index is 4.28. The first-order valence-corrected chi connectivity index (χ1v) is 5.13. The molecule has 0 aromatic carbocycles. The summed E-state index contributed by atoms with van der Waals surface area (Å²) >= 11 is 11.1. The smallest absolute Gasteiger partial charge is 0.303 e. The number of hydrogen-bond acceptors (Lipinski definition) is 2. The van der Waals surface area contributed by atoms with Crippen LogP contribution in [0.4, 0.5) is 0 Å². The molecule has 0 aromatic heterocycles. The summed E-state index contributed by atoms with van der Waals surface area (Å²) in [5.41, 5.74) is 0. The standard InChI is InChI=1S/C8H12Cl2O4/c9-3-5(1-7(11)12)6(4-10)2-8(13)14/h5-6H,1-4H2,(H,11,12)(H,13,14). The van der Waals surface area contributed by atoms with E-state index in [0.717, 1.165) is 0 Å². The van der Waals surface area contributed by atoms with Gasteiger partial charge in [0.25, 0.3) is 0 Å². The number of carboxylic acids is 2. The average Bonchev–Trinajstić information content (AvgIpc) is 2.10. The molecule has 0 rings (SSSR count). The quantitative estimate of drug-likeness (QED) is 0.666. The molecule has 0 fully saturated rings. The molecule has 0 heterocycles. The van der Waals surface area contributed by atoms with Gasteiger partial charge in [-0.15, -0.1) is 23.2 Å². The van der Waals surface area contributed by atoms with Crippen molar-refractivity contribution in [2.45, 2.75) is 12.8 Å². The molecule has 0 saturated heterocycles. The lowest BCUT2D eigenvalue weighted by molar-refractivity contribution is -0.141. The second-order valence-corrected chi connectivity index (χ2v) is 3.64. The Hall–Kier alpha value is -0.480. The van der Waals surface area contributed by atoms with E-state index < -0.39 is 11.9 Å². The highest BCUT2D eigenvalue weighted by Crippen LogP contribution is 2.22. The molecule has 2 N–H and O–H groups in total. The normalized spacial score (nSPS) is 14.7. The third-order valence-corrected chi connectivity index (χ3v) is 2.73. The van der Waals surface area contributed by atoms with Gasteiger partial charge >= 0.3 is 11.9 Å². The highest BCUT2D eigenvalue weighted by molar-refractivity contribution is 6.19. The van der Waals surface area contributed by atoms with E-state index in [1.807, 2.05) is 0 Å². The fourth-order valence-electron chi connectivity index (χ4n) is 1.14. The fraction of sp³-hybridized carbons (Fsp3) is 0.750. The van der Waals surface area contributed by atoms with Gasteiger partial charge < -0.3 is 10.2 Å². The summed E-state index contributed by atoms with van der Waals surface area (Å²) in [7, 11) is 0. The molecule has 4 nitrogen and oxygen atoms in total. The molecule has 82 valence electrons. The molecular formula is C8H12Cl2O4. The van der Waals surface area contributed by atoms with E-state index >= 15 is 0 Å². The predicted molar refractivity (Wildman–Crippen MR) is 52.9 cm³/mol. The Morgan fingerprint density at radius 3 is 1.36 bits per heavy atom. The minimum Gasteiger partial charge on any atom is -0.481 e. The zero-order chi connectivity index (χ0) is 11.1. The van der Waals surface area contributed by atoms with Crippen molar-refractivity contribution in [3.05, 3.63) is 0 Å². The molecule has 2 atom stereocenters. The van der Waals surface area contributed by atoms with E-state index in [1.165, 1.54) is 0 Å². The van der Waals surface area contributed by atoms with Gasteiger partial charge in [0.1, 0.15) is 0 Å². The first kappa shape index (κ1) is 13.5. The van der Waals surface area contributed by atoms with Crippen molar-refractivity contribution in [3.8, 4) is 0 Å². The molecule has 0 spiro atoms. The van der Waals surface area contributed by atoms with Crippen molar-refractivity contribution >= 4 is 35.1 Å². The number of carboxylic acid groups (broad SMARTS) is 2. The van der Waals surface area contributed by atoms with Crippen LogP contribution in [0.3, 0.4) is 0 Å². The monoisotopic (exact) mass is 242 g/mol. The van der Waals surface area contributed by atoms with Crippen LogP contribution in [0.25, 0.3) is 0 Å². The molecule has 14 heavy (non-hydrogen) atoms. The van der Waals surface area contributed by atoms with Gasteiger partial charge in [0.05, 0.1) is 0 Å². The van der Waals surface area contributed by atoms with Crippen LogP contribution in [0.1, 0.15) is 12.8 Å². The number of hydrogen-bond donors (Lipinski definition) is 2. The van der Waals surface area contributed by atoms with Gasteiger partial charge in [-0.25, -0.2) is 0 Å². The van der Waals surface area contributed by atoms with Gasteiger partial charge in [-0.1, -0.05) is 0 Å². The molecular weight excluding hydrogens is 231 g/mol. The van der Waals surface area contributed by atoms with Crippen LogP contribution >= 0.6 is 23.2 Å². The molecule has 0 aromatic rings. The molecule has 0 aliphatic carbocycles. The Morgan fingerprint density at radius 2 is 1.21 bits per heavy atom. The predicted octanol–water partition coefficient (Wildman–Crippen LogP) is 1.65. The van der Waals surface area contributed by atoms with Gasteiger partial charge in [0, 0.05) is 24.6 Å². The Morgan fingerprint density at radius 1 is 0.929 bits per heavy atom. The maximum Gasteiger partial charge on any atom is 0.303 e. The van der Waals surface area contributed by atoms with Gasteiger partial charge in [0.15, 0.2) is 0 Å². The second-order valence-electron chi connectivity index (χ2n) is 3.02. The first-order valence-electron chi connectivity index (χ1n) is 4.06. The van der Waals surface area contributed by atoms with E-state index in [0.29, 0.717) is 0 Å². The summed E-state index contributed by atoms with van der Waals surface area (Å²) in [5, 5.41) is 17.1. The zero-order valence-electron chi connectivity index (χ0n) is 7.45. The number of rotatable bonds is 7. The van der Waals surface area contributed by atoms with Crippen LogP contribution in [0.15, 0.2) is 0 Å². The maximum atomic E-state index is 10.4.